The summed E-state index contributed by atoms with van der Waals surface area (Å²) in [7, 11) is -4.13. The third kappa shape index (κ3) is 42.2. The van der Waals surface area contributed by atoms with Crippen LogP contribution in [0.4, 0.5) is 0 Å². The molecule has 10 amide bonds. The first-order valence-electron chi connectivity index (χ1n) is 37.1. The highest BCUT2D eigenvalue weighted by Gasteiger charge is 2.40. The van der Waals surface area contributed by atoms with E-state index in [1.165, 1.54) is 23.5 Å². The van der Waals surface area contributed by atoms with Gasteiger partial charge in [0, 0.05) is 132 Å². The van der Waals surface area contributed by atoms with Crippen molar-refractivity contribution in [3.63, 3.8) is 0 Å². The van der Waals surface area contributed by atoms with Gasteiger partial charge < -0.3 is 59.3 Å². The minimum absolute atomic E-state index is 0.135. The number of thioether (sulfide) groups is 4. The number of carbonyl (C=O) groups excluding carboxylic acids is 10. The molecule has 0 aliphatic heterocycles. The summed E-state index contributed by atoms with van der Waals surface area (Å²) in [5, 5.41) is 26.4. The van der Waals surface area contributed by atoms with Gasteiger partial charge in [-0.2, -0.15) is 47.0 Å². The van der Waals surface area contributed by atoms with Crippen LogP contribution in [0.25, 0.3) is 0 Å². The lowest BCUT2D eigenvalue weighted by Crippen LogP contribution is -2.63. The zero-order valence-corrected chi connectivity index (χ0v) is 73.8. The van der Waals surface area contributed by atoms with E-state index in [2.05, 4.69) is 128 Å². The van der Waals surface area contributed by atoms with Crippen molar-refractivity contribution in [2.75, 3.05) is 151 Å². The normalized spacial score (nSPS) is 17.0. The number of nitrogens with two attached hydrogens (primary N) is 2. The fourth-order valence-electron chi connectivity index (χ4n) is 10.5. The molecular formula is C72H145N11O10P4S4+4. The van der Waals surface area contributed by atoms with Crippen LogP contribution in [0.1, 0.15) is 147 Å². The number of amides is 10. The van der Waals surface area contributed by atoms with Crippen molar-refractivity contribution in [3.8, 4) is 0 Å². The van der Waals surface area contributed by atoms with E-state index in [1.807, 2.05) is 83.1 Å². The number of carbonyl (C=O) groups is 10. The van der Waals surface area contributed by atoms with E-state index < -0.39 is 172 Å². The monoisotopic (exact) mass is 1580 g/mol. The van der Waals surface area contributed by atoms with Crippen LogP contribution < -0.4 is 59.3 Å². The molecule has 13 N–H and O–H groups in total. The molecule has 0 aromatic heterocycles. The standard InChI is InChI=1S/C72H141N11O10P4S4/c1-25-47(7)57(67(88)75-54(63(74)84)44-99-40-32-36-95(16,17)18)81-71(92)61(51(11)29-5)79-65(86)56(46-101-42-34-38-97(22,23)24)77-69(90)59(49(9)27-3)83-72(93)62(52(12)30-6)80-66(87)55(45-100-41-33-37-96(19,20)21)76-68(89)58(48(8)26-2)82-70(91)60(50(10)28-4)78-64(85)53(73)43-98-39-31-35-94(13,14)15/h47-62H,25-46,73H2,1-24H3,(H7-4,74,75,76,77,78,79,80,81,82,83,84,85,86,87,88,89,90,91,92,93)/p+4/t47-,48-,49-,50-,51-,52-,53-,54-,55-,56-,57-,58-,59-,60-,61-,62-/m0/s1. The molecule has 29 heteroatoms. The Hall–Kier alpha value is -2.22. The largest absolute Gasteiger partial charge is 0.368 e. The van der Waals surface area contributed by atoms with Gasteiger partial charge in [0.25, 0.3) is 0 Å². The Kier molecular flexibility index (Phi) is 49.3. The van der Waals surface area contributed by atoms with Crippen LogP contribution in [-0.4, -0.2) is 270 Å². The summed E-state index contributed by atoms with van der Waals surface area (Å²) in [6.07, 6.45) is 11.0. The predicted octanol–water partition coefficient (Wildman–Crippen LogP) is 8.56. The summed E-state index contributed by atoms with van der Waals surface area (Å²) in [6.45, 7) is 49.7. The number of rotatable bonds is 55. The molecule has 0 heterocycles. The molecule has 0 radical (unpaired) electrons. The Morgan fingerprint density at radius 1 is 0.287 bits per heavy atom. The van der Waals surface area contributed by atoms with Crippen molar-refractivity contribution in [1.82, 2.24) is 47.9 Å². The molecule has 0 rings (SSSR count). The van der Waals surface area contributed by atoms with E-state index in [1.54, 1.807) is 23.5 Å². The van der Waals surface area contributed by atoms with Crippen LogP contribution in [0, 0.1) is 35.5 Å². The second kappa shape index (κ2) is 50.4. The Bertz CT molecular complexity index is 2530. The van der Waals surface area contributed by atoms with Gasteiger partial charge in [-0.3, -0.25) is 47.9 Å². The van der Waals surface area contributed by atoms with Crippen LogP contribution in [0.15, 0.2) is 0 Å². The zero-order valence-electron chi connectivity index (χ0n) is 67.0. The first kappa shape index (κ1) is 98.8. The summed E-state index contributed by atoms with van der Waals surface area (Å²) in [5.41, 5.74) is 12.2. The van der Waals surface area contributed by atoms with Gasteiger partial charge >= 0.3 is 0 Å². The molecule has 588 valence electrons. The highest BCUT2D eigenvalue weighted by Crippen LogP contribution is 2.49. The second-order valence-corrected chi connectivity index (χ2v) is 56.9. The highest BCUT2D eigenvalue weighted by atomic mass is 32.2. The number of hydrogen-bond acceptors (Lipinski definition) is 15. The molecule has 16 atom stereocenters. The smallest absolute Gasteiger partial charge is 0.244 e. The molecule has 0 unspecified atom stereocenters. The lowest BCUT2D eigenvalue weighted by molar-refractivity contribution is -0.137. The van der Waals surface area contributed by atoms with Gasteiger partial charge in [-0.05, 0) is 84.2 Å². The van der Waals surface area contributed by atoms with E-state index >= 15 is 0 Å². The fourth-order valence-corrected chi connectivity index (χ4v) is 19.7. The third-order valence-electron chi connectivity index (χ3n) is 18.6. The van der Waals surface area contributed by atoms with E-state index in [9.17, 15) is 47.9 Å². The number of hydrogen-bond donors (Lipinski definition) is 11. The second-order valence-electron chi connectivity index (χ2n) is 32.2. The van der Waals surface area contributed by atoms with Gasteiger partial charge in [-0.25, -0.2) is 0 Å². The molecule has 0 bridgehead atoms. The van der Waals surface area contributed by atoms with E-state index in [0.29, 0.717) is 55.8 Å². The van der Waals surface area contributed by atoms with Gasteiger partial charge in [0.15, 0.2) is 0 Å². The van der Waals surface area contributed by atoms with E-state index in [-0.39, 0.29) is 29.1 Å². The quantitative estimate of drug-likeness (QED) is 0.0201. The van der Waals surface area contributed by atoms with Crippen molar-refractivity contribution in [3.05, 3.63) is 0 Å². The molecule has 0 spiro atoms. The van der Waals surface area contributed by atoms with Gasteiger partial charge in [0.05, 0.1) is 30.7 Å². The Morgan fingerprint density at radius 3 is 0.693 bits per heavy atom. The van der Waals surface area contributed by atoms with Crippen molar-refractivity contribution < 1.29 is 47.9 Å². The van der Waals surface area contributed by atoms with Crippen LogP contribution in [-0.2, 0) is 47.9 Å². The van der Waals surface area contributed by atoms with Gasteiger partial charge in [0.1, 0.15) is 54.4 Å². The molecule has 0 aromatic carbocycles. The fraction of sp³-hybridized carbons (Fsp3) is 0.861. The average molecular weight is 1580 g/mol. The average Bonchev–Trinajstić information content (AvgIpc) is 0.845. The first-order valence-corrected chi connectivity index (χ1v) is 55.0. The Labute approximate surface area is 632 Å². The van der Waals surface area contributed by atoms with Crippen LogP contribution >= 0.6 is 76.1 Å². The molecule has 0 saturated heterocycles. The van der Waals surface area contributed by atoms with Crippen molar-refractivity contribution in [1.29, 1.82) is 0 Å². The first-order chi connectivity index (χ1) is 46.8. The van der Waals surface area contributed by atoms with Crippen LogP contribution in [0.5, 0.6) is 0 Å². The lowest BCUT2D eigenvalue weighted by Gasteiger charge is -2.32. The minimum Gasteiger partial charge on any atom is -0.368 e. The summed E-state index contributed by atoms with van der Waals surface area (Å²) in [6, 6.07) is -10.9. The van der Waals surface area contributed by atoms with E-state index in [0.717, 1.165) is 61.8 Å². The minimum atomic E-state index is -1.20. The molecule has 0 saturated carbocycles. The van der Waals surface area contributed by atoms with Crippen molar-refractivity contribution in [2.45, 2.75) is 208 Å². The summed E-state index contributed by atoms with van der Waals surface area (Å²) >= 11 is 6.16. The molecule has 0 aromatic rings. The van der Waals surface area contributed by atoms with Gasteiger partial charge in [-0.1, -0.05) is 122 Å². The number of nitrogens with one attached hydrogen (secondary N) is 9. The predicted molar refractivity (Wildman–Crippen MR) is 447 cm³/mol. The molecule has 21 nitrogen and oxygen atoms in total. The molecule has 0 fully saturated rings. The molecular weight excluding hydrogens is 1430 g/mol. The third-order valence-corrected chi connectivity index (χ3v) is 29.9. The number of primary amides is 1. The summed E-state index contributed by atoms with van der Waals surface area (Å²) in [5.74, 6) is -4.45. The summed E-state index contributed by atoms with van der Waals surface area (Å²) < 4.78 is 0. The Morgan fingerprint density at radius 2 is 0.475 bits per heavy atom. The maximum atomic E-state index is 15.0. The molecule has 0 aliphatic carbocycles. The molecule has 101 heavy (non-hydrogen) atoms. The maximum absolute atomic E-state index is 15.0. The highest BCUT2D eigenvalue weighted by molar-refractivity contribution is 8.00. The topological polar surface area (TPSA) is 331 Å². The maximum Gasteiger partial charge on any atom is 0.244 e. The SMILES string of the molecule is CC[C@H](C)[C@H](NC(=O)[C@H](CSCCC[P+](C)(C)C)NC(=O)[C@@H](NC(=O)[C@@H](NC(=O)[C@H](CSCCC[P+](C)(C)C)NC(=O)[C@@H](NC(=O)[C@@H](NC(=O)[C@@H](N)CSCCC[P+](C)(C)C)[C@@H](C)CC)[C@@H](C)CC)[C@@H](C)CC)[C@@H](C)CC)C(=O)N[C@H](C(=O)N[C@@H](CSCCC[P+](C)(C)C)C(N)=O)[C@@H](C)CC. The van der Waals surface area contributed by atoms with Crippen LogP contribution in [0.2, 0.25) is 0 Å². The Balaban J connectivity index is 7.30. The molecule has 0 aliphatic rings. The van der Waals surface area contributed by atoms with E-state index in [4.69, 9.17) is 11.5 Å². The van der Waals surface area contributed by atoms with Gasteiger partial charge in [0.2, 0.25) is 59.1 Å². The van der Waals surface area contributed by atoms with Crippen molar-refractivity contribution >= 4 is 135 Å². The lowest BCUT2D eigenvalue weighted by atomic mass is 9.94. The van der Waals surface area contributed by atoms with Gasteiger partial charge in [-0.15, -0.1) is 0 Å². The van der Waals surface area contributed by atoms with Crippen molar-refractivity contribution in [2.24, 2.45) is 47.0 Å². The zero-order chi connectivity index (χ0) is 77.8. The van der Waals surface area contributed by atoms with Crippen LogP contribution in [0.3, 0.4) is 0 Å². The summed E-state index contributed by atoms with van der Waals surface area (Å²) in [4.78, 5) is 144.